The summed E-state index contributed by atoms with van der Waals surface area (Å²) in [7, 11) is 3.70. The molecule has 2 amide bonds. The largest absolute Gasteiger partial charge is 0.328 e. The van der Waals surface area contributed by atoms with E-state index in [1.807, 2.05) is 14.1 Å². The van der Waals surface area contributed by atoms with Crippen molar-refractivity contribution in [1.82, 2.24) is 9.80 Å². The van der Waals surface area contributed by atoms with Gasteiger partial charge in [-0.1, -0.05) is 0 Å². The zero-order valence-corrected chi connectivity index (χ0v) is 6.63. The van der Waals surface area contributed by atoms with Crippen LogP contribution in [0.1, 0.15) is 12.8 Å². The number of hydrogen-bond acceptors (Lipinski definition) is 1. The molecule has 1 rings (SSSR count). The fourth-order valence-corrected chi connectivity index (χ4v) is 1.18. The quantitative estimate of drug-likeness (QED) is 0.490. The summed E-state index contributed by atoms with van der Waals surface area (Å²) in [6.45, 7) is 1.81. The van der Waals surface area contributed by atoms with Crippen LogP contribution in [0.15, 0.2) is 0 Å². The summed E-state index contributed by atoms with van der Waals surface area (Å²) < 4.78 is 0. The van der Waals surface area contributed by atoms with E-state index in [1.165, 1.54) is 0 Å². The summed E-state index contributed by atoms with van der Waals surface area (Å²) in [6.07, 6.45) is 2.26. The Labute approximate surface area is 61.6 Å². The van der Waals surface area contributed by atoms with Crippen LogP contribution in [0.2, 0.25) is 0 Å². The van der Waals surface area contributed by atoms with Crippen LogP contribution in [0, 0.1) is 0 Å². The molecule has 1 aliphatic rings. The van der Waals surface area contributed by atoms with Crippen molar-refractivity contribution in [3.8, 4) is 0 Å². The molecular weight excluding hydrogens is 128 g/mol. The highest BCUT2D eigenvalue weighted by atomic mass is 16.2. The van der Waals surface area contributed by atoms with Crippen LogP contribution in [0.3, 0.4) is 0 Å². The second-order valence-electron chi connectivity index (χ2n) is 2.83. The lowest BCUT2D eigenvalue weighted by Crippen LogP contribution is -2.36. The second kappa shape index (κ2) is 2.90. The number of nitrogens with zero attached hydrogens (tertiary/aromatic N) is 2. The van der Waals surface area contributed by atoms with Crippen LogP contribution in [0.25, 0.3) is 0 Å². The van der Waals surface area contributed by atoms with Crippen molar-refractivity contribution in [2.45, 2.75) is 12.8 Å². The van der Waals surface area contributed by atoms with Crippen molar-refractivity contribution >= 4 is 6.03 Å². The minimum absolute atomic E-state index is 0.150. The summed E-state index contributed by atoms with van der Waals surface area (Å²) >= 11 is 0. The SMILES string of the molecule is CN1CCCCN(C)C1=O. The maximum absolute atomic E-state index is 11.2. The highest BCUT2D eigenvalue weighted by Gasteiger charge is 2.16. The van der Waals surface area contributed by atoms with E-state index in [2.05, 4.69) is 0 Å². The Hall–Kier alpha value is -0.730. The monoisotopic (exact) mass is 142 g/mol. The Morgan fingerprint density at radius 1 is 1.10 bits per heavy atom. The number of hydrogen-bond donors (Lipinski definition) is 0. The Balaban J connectivity index is 2.55. The molecule has 0 saturated carbocycles. The van der Waals surface area contributed by atoms with E-state index in [1.54, 1.807) is 9.80 Å². The molecule has 0 aliphatic carbocycles. The first-order valence-corrected chi connectivity index (χ1v) is 3.68. The van der Waals surface area contributed by atoms with E-state index >= 15 is 0 Å². The molecule has 58 valence electrons. The van der Waals surface area contributed by atoms with Crippen LogP contribution in [-0.4, -0.2) is 43.0 Å². The average molecular weight is 142 g/mol. The Bertz CT molecular complexity index is 122. The highest BCUT2D eigenvalue weighted by molar-refractivity contribution is 5.73. The van der Waals surface area contributed by atoms with Gasteiger partial charge in [0.15, 0.2) is 0 Å². The fourth-order valence-electron chi connectivity index (χ4n) is 1.18. The minimum Gasteiger partial charge on any atom is -0.328 e. The second-order valence-corrected chi connectivity index (χ2v) is 2.83. The number of urea groups is 1. The van der Waals surface area contributed by atoms with Crippen LogP contribution in [0.4, 0.5) is 4.79 Å². The van der Waals surface area contributed by atoms with Crippen molar-refractivity contribution in [3.63, 3.8) is 0 Å². The van der Waals surface area contributed by atoms with Crippen molar-refractivity contribution in [1.29, 1.82) is 0 Å². The smallest absolute Gasteiger partial charge is 0.319 e. The molecule has 1 fully saturated rings. The van der Waals surface area contributed by atoms with Gasteiger partial charge in [-0.05, 0) is 12.8 Å². The van der Waals surface area contributed by atoms with Gasteiger partial charge in [-0.25, -0.2) is 4.79 Å². The van der Waals surface area contributed by atoms with Gasteiger partial charge in [-0.3, -0.25) is 0 Å². The van der Waals surface area contributed by atoms with Gasteiger partial charge < -0.3 is 9.80 Å². The topological polar surface area (TPSA) is 23.6 Å². The summed E-state index contributed by atoms with van der Waals surface area (Å²) in [4.78, 5) is 14.7. The number of carbonyl (C=O) groups is 1. The summed E-state index contributed by atoms with van der Waals surface area (Å²) in [5.41, 5.74) is 0. The summed E-state index contributed by atoms with van der Waals surface area (Å²) in [5, 5.41) is 0. The van der Waals surface area contributed by atoms with Crippen molar-refractivity contribution < 1.29 is 4.79 Å². The first kappa shape index (κ1) is 7.38. The molecule has 3 heteroatoms. The van der Waals surface area contributed by atoms with Gasteiger partial charge in [-0.15, -0.1) is 0 Å². The van der Waals surface area contributed by atoms with Gasteiger partial charge in [-0.2, -0.15) is 0 Å². The van der Waals surface area contributed by atoms with Gasteiger partial charge in [0.25, 0.3) is 0 Å². The molecule has 10 heavy (non-hydrogen) atoms. The molecule has 0 N–H and O–H groups in total. The van der Waals surface area contributed by atoms with Gasteiger partial charge in [0, 0.05) is 27.2 Å². The highest BCUT2D eigenvalue weighted by Crippen LogP contribution is 2.04. The number of carbonyl (C=O) groups excluding carboxylic acids is 1. The molecule has 0 unspecified atom stereocenters. The lowest BCUT2D eigenvalue weighted by molar-refractivity contribution is 0.182. The van der Waals surface area contributed by atoms with E-state index in [4.69, 9.17) is 0 Å². The third-order valence-electron chi connectivity index (χ3n) is 1.89. The third kappa shape index (κ3) is 1.40. The lowest BCUT2D eigenvalue weighted by Gasteiger charge is -2.19. The van der Waals surface area contributed by atoms with Crippen molar-refractivity contribution in [2.75, 3.05) is 27.2 Å². The normalized spacial score (nSPS) is 21.2. The first-order valence-electron chi connectivity index (χ1n) is 3.68. The Morgan fingerprint density at radius 3 is 1.90 bits per heavy atom. The molecule has 0 aromatic rings. The van der Waals surface area contributed by atoms with Crippen molar-refractivity contribution in [2.24, 2.45) is 0 Å². The molecule has 3 nitrogen and oxygen atoms in total. The molecule has 1 saturated heterocycles. The van der Waals surface area contributed by atoms with Gasteiger partial charge >= 0.3 is 6.03 Å². The van der Waals surface area contributed by atoms with Crippen molar-refractivity contribution in [3.05, 3.63) is 0 Å². The van der Waals surface area contributed by atoms with Crippen LogP contribution in [-0.2, 0) is 0 Å². The summed E-state index contributed by atoms with van der Waals surface area (Å²) in [5.74, 6) is 0. The van der Waals surface area contributed by atoms with Crippen LogP contribution >= 0.6 is 0 Å². The number of rotatable bonds is 0. The zero-order valence-electron chi connectivity index (χ0n) is 6.63. The minimum atomic E-state index is 0.150. The van der Waals surface area contributed by atoms with Crippen LogP contribution < -0.4 is 0 Å². The van der Waals surface area contributed by atoms with E-state index in [0.29, 0.717) is 0 Å². The maximum atomic E-state index is 11.2. The standard InChI is InChI=1S/C7H14N2O/c1-8-5-3-4-6-9(2)7(8)10/h3-6H2,1-2H3. The van der Waals surface area contributed by atoms with E-state index in [-0.39, 0.29) is 6.03 Å². The van der Waals surface area contributed by atoms with E-state index < -0.39 is 0 Å². The van der Waals surface area contributed by atoms with Crippen LogP contribution in [0.5, 0.6) is 0 Å². The average Bonchev–Trinajstić information content (AvgIpc) is 2.04. The maximum Gasteiger partial charge on any atom is 0.319 e. The lowest BCUT2D eigenvalue weighted by atomic mass is 10.3. The molecule has 0 aromatic heterocycles. The predicted octanol–water partition coefficient (Wildman–Crippen LogP) is 0.764. The molecule has 1 heterocycles. The Morgan fingerprint density at radius 2 is 1.50 bits per heavy atom. The molecular formula is C7H14N2O. The summed E-state index contributed by atoms with van der Waals surface area (Å²) in [6, 6.07) is 0.150. The zero-order chi connectivity index (χ0) is 7.56. The third-order valence-corrected chi connectivity index (χ3v) is 1.89. The molecule has 0 bridgehead atoms. The first-order chi connectivity index (χ1) is 4.72. The molecule has 0 atom stereocenters. The predicted molar refractivity (Wildman–Crippen MR) is 39.9 cm³/mol. The molecule has 0 spiro atoms. The Kier molecular flexibility index (Phi) is 2.14. The number of amides is 2. The van der Waals surface area contributed by atoms with E-state index in [0.717, 1.165) is 25.9 Å². The van der Waals surface area contributed by atoms with Gasteiger partial charge in [0.05, 0.1) is 0 Å². The van der Waals surface area contributed by atoms with E-state index in [9.17, 15) is 4.79 Å². The molecule has 0 aromatic carbocycles. The van der Waals surface area contributed by atoms with Gasteiger partial charge in [0.2, 0.25) is 0 Å². The molecule has 0 radical (unpaired) electrons. The fraction of sp³-hybridized carbons (Fsp3) is 0.857. The molecule has 1 aliphatic heterocycles. The van der Waals surface area contributed by atoms with Gasteiger partial charge in [0.1, 0.15) is 0 Å².